The Kier molecular flexibility index (Phi) is 5.28. The van der Waals surface area contributed by atoms with Crippen LogP contribution in [0.15, 0.2) is 6.20 Å². The standard InChI is InChI=1S/C14H26N4O2/c1-6-14(7-2,12(19)20)10-15-8-11-9-18(17-16-11)13(3,4)5/h9,15H,6-8,10H2,1-5H3,(H,19,20). The lowest BCUT2D eigenvalue weighted by Gasteiger charge is -2.26. The third-order valence-electron chi connectivity index (χ3n) is 3.80. The molecule has 0 aliphatic rings. The lowest BCUT2D eigenvalue weighted by molar-refractivity contribution is -0.149. The Hall–Kier alpha value is -1.43. The molecule has 0 amide bonds. The molecule has 114 valence electrons. The van der Waals surface area contributed by atoms with Crippen molar-refractivity contribution in [3.63, 3.8) is 0 Å². The zero-order valence-corrected chi connectivity index (χ0v) is 13.1. The van der Waals surface area contributed by atoms with Gasteiger partial charge in [-0.2, -0.15) is 0 Å². The first-order chi connectivity index (χ1) is 9.25. The van der Waals surface area contributed by atoms with Crippen LogP contribution in [0.3, 0.4) is 0 Å². The number of carboxylic acid groups (broad SMARTS) is 1. The predicted molar refractivity (Wildman–Crippen MR) is 77.4 cm³/mol. The summed E-state index contributed by atoms with van der Waals surface area (Å²) in [6, 6.07) is 0. The molecule has 6 nitrogen and oxygen atoms in total. The number of rotatable bonds is 7. The van der Waals surface area contributed by atoms with Gasteiger partial charge in [0.15, 0.2) is 0 Å². The molecule has 6 heteroatoms. The molecular formula is C14H26N4O2. The van der Waals surface area contributed by atoms with Crippen LogP contribution in [-0.2, 0) is 16.9 Å². The minimum Gasteiger partial charge on any atom is -0.481 e. The summed E-state index contributed by atoms with van der Waals surface area (Å²) in [7, 11) is 0. The van der Waals surface area contributed by atoms with Crippen molar-refractivity contribution in [1.82, 2.24) is 20.3 Å². The van der Waals surface area contributed by atoms with Crippen molar-refractivity contribution in [3.8, 4) is 0 Å². The highest BCUT2D eigenvalue weighted by molar-refractivity contribution is 5.74. The van der Waals surface area contributed by atoms with Crippen molar-refractivity contribution in [2.24, 2.45) is 5.41 Å². The van der Waals surface area contributed by atoms with E-state index in [4.69, 9.17) is 0 Å². The number of nitrogens with zero attached hydrogens (tertiary/aromatic N) is 3. The summed E-state index contributed by atoms with van der Waals surface area (Å²) in [4.78, 5) is 11.4. The van der Waals surface area contributed by atoms with Gasteiger partial charge in [-0.05, 0) is 33.6 Å². The molecule has 0 radical (unpaired) electrons. The van der Waals surface area contributed by atoms with Gasteiger partial charge in [0.25, 0.3) is 0 Å². The number of aromatic nitrogens is 3. The Morgan fingerprint density at radius 1 is 1.35 bits per heavy atom. The third kappa shape index (κ3) is 3.79. The van der Waals surface area contributed by atoms with Gasteiger partial charge in [0.05, 0.1) is 22.8 Å². The monoisotopic (exact) mass is 282 g/mol. The van der Waals surface area contributed by atoms with E-state index in [0.717, 1.165) is 5.69 Å². The third-order valence-corrected chi connectivity index (χ3v) is 3.80. The second kappa shape index (κ2) is 6.35. The van der Waals surface area contributed by atoms with Gasteiger partial charge in [0, 0.05) is 13.1 Å². The van der Waals surface area contributed by atoms with Gasteiger partial charge in [-0.25, -0.2) is 4.68 Å². The molecular weight excluding hydrogens is 256 g/mol. The minimum atomic E-state index is -0.742. The second-order valence-electron chi connectivity index (χ2n) is 6.22. The number of nitrogens with one attached hydrogen (secondary N) is 1. The van der Waals surface area contributed by atoms with Crippen LogP contribution in [0, 0.1) is 5.41 Å². The fourth-order valence-corrected chi connectivity index (χ4v) is 2.02. The zero-order chi connectivity index (χ0) is 15.4. The van der Waals surface area contributed by atoms with Crippen LogP contribution >= 0.6 is 0 Å². The number of carbonyl (C=O) groups is 1. The molecule has 0 atom stereocenters. The van der Waals surface area contributed by atoms with E-state index in [1.54, 1.807) is 0 Å². The Balaban J connectivity index is 2.60. The normalized spacial score (nSPS) is 12.7. The average Bonchev–Trinajstić information content (AvgIpc) is 2.83. The number of hydrogen-bond donors (Lipinski definition) is 2. The highest BCUT2D eigenvalue weighted by atomic mass is 16.4. The number of carboxylic acids is 1. The summed E-state index contributed by atoms with van der Waals surface area (Å²) in [5.74, 6) is -0.742. The van der Waals surface area contributed by atoms with Gasteiger partial charge in [-0.3, -0.25) is 4.79 Å². The molecule has 0 unspecified atom stereocenters. The van der Waals surface area contributed by atoms with Crippen LogP contribution in [0.2, 0.25) is 0 Å². The van der Waals surface area contributed by atoms with Gasteiger partial charge >= 0.3 is 5.97 Å². The van der Waals surface area contributed by atoms with Crippen molar-refractivity contribution in [2.75, 3.05) is 6.54 Å². The summed E-state index contributed by atoms with van der Waals surface area (Å²) >= 11 is 0. The molecule has 0 aromatic carbocycles. The highest BCUT2D eigenvalue weighted by Gasteiger charge is 2.34. The number of aliphatic carboxylic acids is 1. The molecule has 1 aromatic rings. The Bertz CT molecular complexity index is 444. The Morgan fingerprint density at radius 2 is 1.95 bits per heavy atom. The molecule has 1 aromatic heterocycles. The SMILES string of the molecule is CCC(CC)(CNCc1cn(C(C)(C)C)nn1)C(=O)O. The molecule has 2 N–H and O–H groups in total. The molecule has 0 fully saturated rings. The maximum absolute atomic E-state index is 11.4. The van der Waals surface area contributed by atoms with Crippen molar-refractivity contribution in [3.05, 3.63) is 11.9 Å². The zero-order valence-electron chi connectivity index (χ0n) is 13.1. The van der Waals surface area contributed by atoms with E-state index in [0.29, 0.717) is 25.9 Å². The van der Waals surface area contributed by atoms with Crippen LogP contribution in [0.5, 0.6) is 0 Å². The average molecular weight is 282 g/mol. The van der Waals surface area contributed by atoms with E-state index >= 15 is 0 Å². The first kappa shape index (κ1) is 16.6. The lowest BCUT2D eigenvalue weighted by Crippen LogP contribution is -2.40. The van der Waals surface area contributed by atoms with Crippen molar-refractivity contribution in [1.29, 1.82) is 0 Å². The van der Waals surface area contributed by atoms with E-state index in [2.05, 4.69) is 36.4 Å². The van der Waals surface area contributed by atoms with E-state index in [1.165, 1.54) is 0 Å². The molecule has 0 bridgehead atoms. The second-order valence-corrected chi connectivity index (χ2v) is 6.22. The maximum atomic E-state index is 11.4. The molecule has 0 aliphatic heterocycles. The topological polar surface area (TPSA) is 80.0 Å². The van der Waals surface area contributed by atoms with Crippen molar-refractivity contribution < 1.29 is 9.90 Å². The van der Waals surface area contributed by atoms with E-state index in [1.807, 2.05) is 24.7 Å². The van der Waals surface area contributed by atoms with Gasteiger partial charge in [0.1, 0.15) is 0 Å². The predicted octanol–water partition coefficient (Wildman–Crippen LogP) is 2.01. The van der Waals surface area contributed by atoms with E-state index in [9.17, 15) is 9.90 Å². The van der Waals surface area contributed by atoms with E-state index < -0.39 is 11.4 Å². The van der Waals surface area contributed by atoms with Crippen molar-refractivity contribution in [2.45, 2.75) is 59.5 Å². The first-order valence-corrected chi connectivity index (χ1v) is 7.11. The first-order valence-electron chi connectivity index (χ1n) is 7.11. The lowest BCUT2D eigenvalue weighted by atomic mass is 9.82. The van der Waals surface area contributed by atoms with Crippen LogP contribution in [0.1, 0.15) is 53.2 Å². The maximum Gasteiger partial charge on any atom is 0.310 e. The van der Waals surface area contributed by atoms with Gasteiger partial charge in [-0.1, -0.05) is 19.1 Å². The summed E-state index contributed by atoms with van der Waals surface area (Å²) < 4.78 is 1.81. The largest absolute Gasteiger partial charge is 0.481 e. The van der Waals surface area contributed by atoms with Crippen LogP contribution in [-0.4, -0.2) is 32.6 Å². The molecule has 0 saturated carbocycles. The quantitative estimate of drug-likeness (QED) is 0.799. The fourth-order valence-electron chi connectivity index (χ4n) is 2.02. The van der Waals surface area contributed by atoms with Crippen LogP contribution in [0.4, 0.5) is 0 Å². The molecule has 0 spiro atoms. The van der Waals surface area contributed by atoms with Crippen LogP contribution in [0.25, 0.3) is 0 Å². The molecule has 0 saturated heterocycles. The Labute approximate surface area is 120 Å². The summed E-state index contributed by atoms with van der Waals surface area (Å²) in [6.45, 7) is 11.0. The summed E-state index contributed by atoms with van der Waals surface area (Å²) in [6.07, 6.45) is 3.12. The molecule has 1 heterocycles. The number of hydrogen-bond acceptors (Lipinski definition) is 4. The summed E-state index contributed by atoms with van der Waals surface area (Å²) in [5, 5.41) is 20.7. The van der Waals surface area contributed by atoms with Gasteiger partial charge in [0.2, 0.25) is 0 Å². The smallest absolute Gasteiger partial charge is 0.310 e. The van der Waals surface area contributed by atoms with Gasteiger partial charge < -0.3 is 10.4 Å². The molecule has 20 heavy (non-hydrogen) atoms. The van der Waals surface area contributed by atoms with Crippen LogP contribution < -0.4 is 5.32 Å². The van der Waals surface area contributed by atoms with Gasteiger partial charge in [-0.15, -0.1) is 5.10 Å². The van der Waals surface area contributed by atoms with E-state index in [-0.39, 0.29) is 5.54 Å². The summed E-state index contributed by atoms with van der Waals surface area (Å²) in [5.41, 5.74) is 0.0366. The molecule has 0 aliphatic carbocycles. The fraction of sp³-hybridized carbons (Fsp3) is 0.786. The molecule has 1 rings (SSSR count). The van der Waals surface area contributed by atoms with Crippen molar-refractivity contribution >= 4 is 5.97 Å². The highest BCUT2D eigenvalue weighted by Crippen LogP contribution is 2.25. The minimum absolute atomic E-state index is 0.0943. The Morgan fingerprint density at radius 3 is 2.35 bits per heavy atom.